The molecule has 0 aromatic heterocycles. The van der Waals surface area contributed by atoms with Crippen LogP contribution in [0.25, 0.3) is 0 Å². The molecule has 1 N–H and O–H groups in total. The van der Waals surface area contributed by atoms with Gasteiger partial charge in [-0.05, 0) is 37.9 Å². The van der Waals surface area contributed by atoms with Crippen LogP contribution in [0.15, 0.2) is 18.2 Å². The van der Waals surface area contributed by atoms with Gasteiger partial charge in [0.25, 0.3) is 0 Å². The third-order valence-electron chi connectivity index (χ3n) is 3.69. The largest absolute Gasteiger partial charge is 0.487 e. The van der Waals surface area contributed by atoms with E-state index in [1.54, 1.807) is 12.1 Å². The Hall–Kier alpha value is -1.82. The zero-order valence-corrected chi connectivity index (χ0v) is 12.7. The van der Waals surface area contributed by atoms with Crippen LogP contribution in [0.5, 0.6) is 5.75 Å². The molecule has 1 atom stereocenters. The van der Waals surface area contributed by atoms with Gasteiger partial charge in [-0.1, -0.05) is 13.0 Å². The summed E-state index contributed by atoms with van der Waals surface area (Å²) in [5.74, 6) is 0.352. The number of para-hydroxylation sites is 1. The predicted molar refractivity (Wildman–Crippen MR) is 83.2 cm³/mol. The third kappa shape index (κ3) is 3.85. The summed E-state index contributed by atoms with van der Waals surface area (Å²) in [5.41, 5.74) is 0.675. The molecule has 116 valence electrons. The van der Waals surface area contributed by atoms with Crippen molar-refractivity contribution in [1.82, 2.24) is 5.32 Å². The first kappa shape index (κ1) is 15.6. The maximum absolute atomic E-state index is 11.4. The van der Waals surface area contributed by atoms with E-state index in [9.17, 15) is 10.1 Å². The van der Waals surface area contributed by atoms with Crippen molar-refractivity contribution in [2.24, 2.45) is 0 Å². The Morgan fingerprint density at radius 1 is 1.52 bits per heavy atom. The lowest BCUT2D eigenvalue weighted by molar-refractivity contribution is -0.385. The minimum Gasteiger partial charge on any atom is -0.487 e. The van der Waals surface area contributed by atoms with Gasteiger partial charge in [0.1, 0.15) is 5.69 Å². The SMILES string of the molecule is CCCOc1cccc(N(C)CC2CCCN2)c1[N+](=O)[O-]. The smallest absolute Gasteiger partial charge is 0.333 e. The Labute approximate surface area is 125 Å². The summed E-state index contributed by atoms with van der Waals surface area (Å²) in [6.45, 7) is 4.25. The van der Waals surface area contributed by atoms with Gasteiger partial charge in [-0.15, -0.1) is 0 Å². The molecule has 0 bridgehead atoms. The van der Waals surface area contributed by atoms with Gasteiger partial charge in [-0.25, -0.2) is 0 Å². The number of nitrogens with one attached hydrogen (secondary N) is 1. The van der Waals surface area contributed by atoms with Gasteiger partial charge >= 0.3 is 5.69 Å². The summed E-state index contributed by atoms with van der Waals surface area (Å²) in [6, 6.07) is 5.66. The molecule has 21 heavy (non-hydrogen) atoms. The van der Waals surface area contributed by atoms with E-state index in [4.69, 9.17) is 4.74 Å². The number of ether oxygens (including phenoxy) is 1. The minimum atomic E-state index is -0.348. The lowest BCUT2D eigenvalue weighted by Crippen LogP contribution is -2.35. The first-order valence-electron chi connectivity index (χ1n) is 7.48. The second-order valence-electron chi connectivity index (χ2n) is 5.40. The van der Waals surface area contributed by atoms with Gasteiger partial charge in [-0.2, -0.15) is 0 Å². The van der Waals surface area contributed by atoms with E-state index in [1.807, 2.05) is 24.9 Å². The second-order valence-corrected chi connectivity index (χ2v) is 5.40. The topological polar surface area (TPSA) is 67.6 Å². The Morgan fingerprint density at radius 3 is 2.95 bits per heavy atom. The number of rotatable bonds is 7. The van der Waals surface area contributed by atoms with Crippen LogP contribution < -0.4 is 15.0 Å². The molecular weight excluding hydrogens is 270 g/mol. The van der Waals surface area contributed by atoms with Crippen LogP contribution in [0.1, 0.15) is 26.2 Å². The van der Waals surface area contributed by atoms with Crippen LogP contribution in [-0.2, 0) is 0 Å². The maximum atomic E-state index is 11.4. The zero-order chi connectivity index (χ0) is 15.2. The van der Waals surface area contributed by atoms with Gasteiger partial charge in [0.15, 0.2) is 5.75 Å². The minimum absolute atomic E-state index is 0.0615. The van der Waals surface area contributed by atoms with Gasteiger partial charge in [0.2, 0.25) is 0 Å². The highest BCUT2D eigenvalue weighted by Gasteiger charge is 2.25. The Kier molecular flexibility index (Phi) is 5.38. The first-order valence-corrected chi connectivity index (χ1v) is 7.48. The van der Waals surface area contributed by atoms with Crippen LogP contribution in [-0.4, -0.2) is 37.7 Å². The normalized spacial score (nSPS) is 17.7. The molecule has 0 aliphatic carbocycles. The number of nitro benzene ring substituents is 1. The summed E-state index contributed by atoms with van der Waals surface area (Å²) in [6.07, 6.45) is 3.10. The van der Waals surface area contributed by atoms with Crippen molar-refractivity contribution >= 4 is 11.4 Å². The molecule has 0 spiro atoms. The van der Waals surface area contributed by atoms with Crippen molar-refractivity contribution in [3.05, 3.63) is 28.3 Å². The quantitative estimate of drug-likeness (QED) is 0.618. The average Bonchev–Trinajstić information content (AvgIpc) is 2.97. The molecule has 1 aliphatic heterocycles. The first-order chi connectivity index (χ1) is 10.1. The molecule has 0 amide bonds. The Bertz CT molecular complexity index is 487. The van der Waals surface area contributed by atoms with Crippen molar-refractivity contribution in [2.45, 2.75) is 32.2 Å². The predicted octanol–water partition coefficient (Wildman–Crippen LogP) is 2.57. The van der Waals surface area contributed by atoms with Crippen molar-refractivity contribution in [1.29, 1.82) is 0 Å². The standard InChI is InChI=1S/C15H23N3O3/c1-3-10-21-14-8-4-7-13(15(14)18(19)20)17(2)11-12-6-5-9-16-12/h4,7-8,12,16H,3,5-6,9-11H2,1-2H3. The molecule has 1 fully saturated rings. The fourth-order valence-electron chi connectivity index (χ4n) is 2.67. The molecule has 2 rings (SSSR count). The second kappa shape index (κ2) is 7.26. The van der Waals surface area contributed by atoms with E-state index in [1.165, 1.54) is 6.42 Å². The van der Waals surface area contributed by atoms with Gasteiger partial charge in [0.05, 0.1) is 11.5 Å². The van der Waals surface area contributed by atoms with Crippen molar-refractivity contribution in [3.8, 4) is 5.75 Å². The highest BCUT2D eigenvalue weighted by molar-refractivity contribution is 5.69. The number of nitrogens with zero attached hydrogens (tertiary/aromatic N) is 2. The van der Waals surface area contributed by atoms with Gasteiger partial charge in [0, 0.05) is 19.6 Å². The van der Waals surface area contributed by atoms with Crippen LogP contribution in [0, 0.1) is 10.1 Å². The van der Waals surface area contributed by atoms with E-state index < -0.39 is 0 Å². The number of hydrogen-bond donors (Lipinski definition) is 1. The van der Waals surface area contributed by atoms with Crippen molar-refractivity contribution < 1.29 is 9.66 Å². The monoisotopic (exact) mass is 293 g/mol. The summed E-state index contributed by atoms with van der Waals surface area (Å²) in [5, 5.41) is 14.8. The van der Waals surface area contributed by atoms with Gasteiger partial charge < -0.3 is 15.0 Å². The van der Waals surface area contributed by atoms with E-state index in [-0.39, 0.29) is 10.6 Å². The lowest BCUT2D eigenvalue weighted by atomic mass is 10.2. The molecule has 1 saturated heterocycles. The van der Waals surface area contributed by atoms with Crippen molar-refractivity contribution in [2.75, 3.05) is 31.6 Å². The number of anilines is 1. The highest BCUT2D eigenvalue weighted by Crippen LogP contribution is 2.37. The molecule has 1 unspecified atom stereocenters. The number of hydrogen-bond acceptors (Lipinski definition) is 5. The van der Waals surface area contributed by atoms with Crippen LogP contribution in [0.4, 0.5) is 11.4 Å². The molecule has 1 heterocycles. The molecular formula is C15H23N3O3. The Balaban J connectivity index is 2.21. The van der Waals surface area contributed by atoms with E-state index in [2.05, 4.69) is 5.32 Å². The highest BCUT2D eigenvalue weighted by atomic mass is 16.6. The molecule has 0 saturated carbocycles. The molecule has 0 radical (unpaired) electrons. The lowest BCUT2D eigenvalue weighted by Gasteiger charge is -2.23. The van der Waals surface area contributed by atoms with Crippen LogP contribution in [0.2, 0.25) is 0 Å². The number of benzene rings is 1. The molecule has 1 aromatic carbocycles. The van der Waals surface area contributed by atoms with E-state index >= 15 is 0 Å². The number of likely N-dealkylation sites (N-methyl/N-ethyl adjacent to an activating group) is 1. The molecule has 1 aromatic rings. The maximum Gasteiger partial charge on any atom is 0.333 e. The fraction of sp³-hybridized carbons (Fsp3) is 0.600. The summed E-state index contributed by atoms with van der Waals surface area (Å²) in [4.78, 5) is 13.0. The van der Waals surface area contributed by atoms with Crippen LogP contribution in [0.3, 0.4) is 0 Å². The Morgan fingerprint density at radius 2 is 2.33 bits per heavy atom. The summed E-state index contributed by atoms with van der Waals surface area (Å²) in [7, 11) is 1.89. The zero-order valence-electron chi connectivity index (χ0n) is 12.7. The summed E-state index contributed by atoms with van der Waals surface area (Å²) >= 11 is 0. The fourth-order valence-corrected chi connectivity index (χ4v) is 2.67. The summed E-state index contributed by atoms with van der Waals surface area (Å²) < 4.78 is 5.52. The van der Waals surface area contributed by atoms with E-state index in [0.29, 0.717) is 24.1 Å². The van der Waals surface area contributed by atoms with Crippen molar-refractivity contribution in [3.63, 3.8) is 0 Å². The molecule has 1 aliphatic rings. The van der Waals surface area contributed by atoms with Crippen LogP contribution >= 0.6 is 0 Å². The third-order valence-corrected chi connectivity index (χ3v) is 3.69. The number of nitro groups is 1. The van der Waals surface area contributed by atoms with Gasteiger partial charge in [-0.3, -0.25) is 10.1 Å². The molecule has 6 nitrogen and oxygen atoms in total. The molecule has 6 heteroatoms. The average molecular weight is 293 g/mol. The van der Waals surface area contributed by atoms with E-state index in [0.717, 1.165) is 25.9 Å².